The highest BCUT2D eigenvalue weighted by Gasteiger charge is 2.27. The van der Waals surface area contributed by atoms with Gasteiger partial charge >= 0.3 is 5.97 Å². The molecule has 0 saturated carbocycles. The zero-order valence-electron chi connectivity index (χ0n) is 16.8. The number of amides is 1. The van der Waals surface area contributed by atoms with Crippen LogP contribution in [0.4, 0.5) is 5.69 Å². The number of anilines is 1. The van der Waals surface area contributed by atoms with Gasteiger partial charge in [0.05, 0.1) is 5.92 Å². The van der Waals surface area contributed by atoms with E-state index in [2.05, 4.69) is 5.32 Å². The van der Waals surface area contributed by atoms with Crippen molar-refractivity contribution in [2.24, 2.45) is 5.92 Å². The Bertz CT molecular complexity index is 776. The average molecular weight is 367 g/mol. The summed E-state index contributed by atoms with van der Waals surface area (Å²) in [7, 11) is 0. The van der Waals surface area contributed by atoms with Crippen LogP contribution in [0.3, 0.4) is 0 Å². The largest absolute Gasteiger partial charge is 0.455 e. The molecule has 0 spiro atoms. The molecular formula is C23H29NO3. The number of nitrogens with one attached hydrogen (secondary N) is 1. The van der Waals surface area contributed by atoms with Crippen LogP contribution < -0.4 is 5.32 Å². The Morgan fingerprint density at radius 1 is 1.04 bits per heavy atom. The van der Waals surface area contributed by atoms with Gasteiger partial charge in [-0.15, -0.1) is 0 Å². The number of esters is 1. The van der Waals surface area contributed by atoms with Crippen molar-refractivity contribution in [2.75, 3.05) is 11.9 Å². The second kappa shape index (κ2) is 9.36. The van der Waals surface area contributed by atoms with Gasteiger partial charge in [-0.25, -0.2) is 0 Å². The lowest BCUT2D eigenvalue weighted by Crippen LogP contribution is -2.27. The first-order valence-corrected chi connectivity index (χ1v) is 9.42. The lowest BCUT2D eigenvalue weighted by molar-refractivity contribution is -0.150. The molecular weight excluding hydrogens is 338 g/mol. The molecule has 0 bridgehead atoms. The summed E-state index contributed by atoms with van der Waals surface area (Å²) in [4.78, 5) is 25.0. The molecule has 2 rings (SSSR count). The molecule has 1 amide bonds. The second-order valence-corrected chi connectivity index (χ2v) is 7.20. The van der Waals surface area contributed by atoms with Crippen LogP contribution in [0.15, 0.2) is 42.5 Å². The Hall–Kier alpha value is -2.62. The summed E-state index contributed by atoms with van der Waals surface area (Å²) in [5, 5.41) is 2.87. The van der Waals surface area contributed by atoms with E-state index in [9.17, 15) is 9.59 Å². The smallest absolute Gasteiger partial charge is 0.314 e. The maximum Gasteiger partial charge on any atom is 0.314 e. The number of hydrogen-bond donors (Lipinski definition) is 1. The normalized spacial score (nSPS) is 12.9. The van der Waals surface area contributed by atoms with Crippen LogP contribution in [0.2, 0.25) is 0 Å². The van der Waals surface area contributed by atoms with Gasteiger partial charge in [0.25, 0.3) is 5.91 Å². The van der Waals surface area contributed by atoms with Crippen LogP contribution in [0.1, 0.15) is 48.4 Å². The Kier molecular flexibility index (Phi) is 7.17. The van der Waals surface area contributed by atoms with Crippen LogP contribution in [0.25, 0.3) is 0 Å². The third kappa shape index (κ3) is 5.43. The van der Waals surface area contributed by atoms with Crippen molar-refractivity contribution >= 4 is 17.6 Å². The van der Waals surface area contributed by atoms with Gasteiger partial charge in [-0.1, -0.05) is 68.3 Å². The summed E-state index contributed by atoms with van der Waals surface area (Å²) in [5.41, 5.74) is 4.84. The summed E-state index contributed by atoms with van der Waals surface area (Å²) < 4.78 is 5.37. The maximum atomic E-state index is 12.7. The van der Waals surface area contributed by atoms with Crippen molar-refractivity contribution in [3.63, 3.8) is 0 Å². The maximum absolute atomic E-state index is 12.7. The highest BCUT2D eigenvalue weighted by Crippen LogP contribution is 2.28. The van der Waals surface area contributed by atoms with Gasteiger partial charge in [-0.3, -0.25) is 9.59 Å². The van der Waals surface area contributed by atoms with E-state index < -0.39 is 0 Å². The van der Waals surface area contributed by atoms with Crippen LogP contribution in [-0.4, -0.2) is 18.5 Å². The Morgan fingerprint density at radius 3 is 2.19 bits per heavy atom. The Labute approximate surface area is 161 Å². The summed E-state index contributed by atoms with van der Waals surface area (Å²) >= 11 is 0. The molecule has 0 aromatic heterocycles. The summed E-state index contributed by atoms with van der Waals surface area (Å²) in [6.45, 7) is 9.71. The van der Waals surface area contributed by atoms with Gasteiger partial charge in [0.2, 0.25) is 0 Å². The third-order valence-corrected chi connectivity index (χ3v) is 4.91. The topological polar surface area (TPSA) is 55.4 Å². The molecule has 0 heterocycles. The minimum atomic E-state index is -0.369. The lowest BCUT2D eigenvalue weighted by Gasteiger charge is -2.22. The van der Waals surface area contributed by atoms with Gasteiger partial charge in [0.15, 0.2) is 6.61 Å². The summed E-state index contributed by atoms with van der Waals surface area (Å²) in [6, 6.07) is 13.6. The highest BCUT2D eigenvalue weighted by atomic mass is 16.5. The van der Waals surface area contributed by atoms with Gasteiger partial charge in [-0.2, -0.15) is 0 Å². The fourth-order valence-corrected chi connectivity index (χ4v) is 3.37. The zero-order chi connectivity index (χ0) is 20.0. The Morgan fingerprint density at radius 2 is 1.63 bits per heavy atom. The molecule has 0 aliphatic heterocycles. The van der Waals surface area contributed by atoms with Crippen LogP contribution in [-0.2, 0) is 14.3 Å². The molecule has 27 heavy (non-hydrogen) atoms. The molecule has 144 valence electrons. The summed E-state index contributed by atoms with van der Waals surface area (Å²) in [5.74, 6) is -0.922. The first kappa shape index (κ1) is 20.7. The highest BCUT2D eigenvalue weighted by molar-refractivity contribution is 5.94. The zero-order valence-corrected chi connectivity index (χ0v) is 16.8. The van der Waals surface area contributed by atoms with E-state index in [1.54, 1.807) is 0 Å². The van der Waals surface area contributed by atoms with E-state index in [4.69, 9.17) is 4.74 Å². The number of carbonyl (C=O) groups is 2. The molecule has 2 aromatic rings. The molecule has 1 N–H and O–H groups in total. The molecule has 0 aliphatic rings. The Balaban J connectivity index is 2.04. The first-order chi connectivity index (χ1) is 12.8. The van der Waals surface area contributed by atoms with Crippen LogP contribution in [0, 0.1) is 26.7 Å². The van der Waals surface area contributed by atoms with Gasteiger partial charge in [0, 0.05) is 5.69 Å². The molecule has 2 atom stereocenters. The number of carbonyl (C=O) groups excluding carboxylic acids is 2. The summed E-state index contributed by atoms with van der Waals surface area (Å²) in [6.07, 6.45) is 0.850. The molecule has 0 aliphatic carbocycles. The van der Waals surface area contributed by atoms with Crippen molar-refractivity contribution in [2.45, 2.75) is 47.0 Å². The van der Waals surface area contributed by atoms with E-state index in [-0.39, 0.29) is 30.3 Å². The van der Waals surface area contributed by atoms with Crippen molar-refractivity contribution in [1.82, 2.24) is 0 Å². The van der Waals surface area contributed by atoms with Crippen molar-refractivity contribution < 1.29 is 14.3 Å². The number of ether oxygens (including phenoxy) is 1. The fraction of sp³-hybridized carbons (Fsp3) is 0.391. The molecule has 0 radical (unpaired) electrons. The third-order valence-electron chi connectivity index (χ3n) is 4.91. The first-order valence-electron chi connectivity index (χ1n) is 9.42. The molecule has 0 unspecified atom stereocenters. The van der Waals surface area contributed by atoms with Crippen molar-refractivity contribution in [3.8, 4) is 0 Å². The SMILES string of the molecule is CC[C@@H](C)[C@H](C(=O)OCC(=O)Nc1c(C)cc(C)cc1C)c1ccccc1. The predicted octanol–water partition coefficient (Wildman–Crippen LogP) is 4.92. The van der Waals surface area contributed by atoms with Crippen LogP contribution >= 0.6 is 0 Å². The molecule has 0 saturated heterocycles. The monoisotopic (exact) mass is 367 g/mol. The average Bonchev–Trinajstić information content (AvgIpc) is 2.63. The fourth-order valence-electron chi connectivity index (χ4n) is 3.37. The molecule has 2 aromatic carbocycles. The van der Waals surface area contributed by atoms with E-state index in [1.807, 2.05) is 77.1 Å². The standard InChI is InChI=1S/C23H29NO3/c1-6-16(3)21(19-10-8-7-9-11-19)23(26)27-14-20(25)24-22-17(4)12-15(2)13-18(22)5/h7-13,16,21H,6,14H2,1-5H3,(H,24,25)/t16-,21+/m1/s1. The molecule has 4 heteroatoms. The van der Waals surface area contributed by atoms with Gasteiger partial charge in [0.1, 0.15) is 0 Å². The van der Waals surface area contributed by atoms with Gasteiger partial charge < -0.3 is 10.1 Å². The molecule has 4 nitrogen and oxygen atoms in total. The van der Waals surface area contributed by atoms with Crippen molar-refractivity contribution in [1.29, 1.82) is 0 Å². The number of benzene rings is 2. The van der Waals surface area contributed by atoms with E-state index in [0.717, 1.165) is 34.4 Å². The van der Waals surface area contributed by atoms with Gasteiger partial charge in [-0.05, 0) is 43.4 Å². The molecule has 0 fully saturated rings. The number of rotatable bonds is 7. The van der Waals surface area contributed by atoms with E-state index >= 15 is 0 Å². The minimum absolute atomic E-state index is 0.129. The minimum Gasteiger partial charge on any atom is -0.455 e. The quantitative estimate of drug-likeness (QED) is 0.707. The van der Waals surface area contributed by atoms with Crippen LogP contribution in [0.5, 0.6) is 0 Å². The number of aryl methyl sites for hydroxylation is 3. The number of hydrogen-bond acceptors (Lipinski definition) is 3. The predicted molar refractivity (Wildman–Crippen MR) is 109 cm³/mol. The van der Waals surface area contributed by atoms with E-state index in [1.165, 1.54) is 0 Å². The second-order valence-electron chi connectivity index (χ2n) is 7.20. The van der Waals surface area contributed by atoms with Crippen molar-refractivity contribution in [3.05, 3.63) is 64.7 Å². The lowest BCUT2D eigenvalue weighted by atomic mass is 9.86. The van der Waals surface area contributed by atoms with E-state index in [0.29, 0.717) is 0 Å².